The summed E-state index contributed by atoms with van der Waals surface area (Å²) in [5, 5.41) is 0. The Balaban J connectivity index is 1.80. The minimum absolute atomic E-state index is 0.587. The largest absolute Gasteiger partial charge is 0.495 e. The van der Waals surface area contributed by atoms with Crippen LogP contribution in [-0.2, 0) is 6.42 Å². The zero-order valence-corrected chi connectivity index (χ0v) is 13.3. The van der Waals surface area contributed by atoms with E-state index < -0.39 is 0 Å². The minimum atomic E-state index is 0.587. The van der Waals surface area contributed by atoms with Gasteiger partial charge in [-0.05, 0) is 36.3 Å². The third kappa shape index (κ3) is 3.97. The van der Waals surface area contributed by atoms with E-state index in [1.165, 1.54) is 50.5 Å². The van der Waals surface area contributed by atoms with Crippen molar-refractivity contribution in [2.45, 2.75) is 71.1 Å². The number of methoxy groups -OCH3 is 1. The summed E-state index contributed by atoms with van der Waals surface area (Å²) in [6.07, 6.45) is 12.9. The van der Waals surface area contributed by atoms with Gasteiger partial charge in [-0.15, -0.1) is 0 Å². The standard InChI is InChI=1S/C18H29NO/c1-4-17-18(20-3)12-16(13-19-17)14(2)8-5-6-9-15-10-7-11-15/h12-15H,4-11H2,1-3H3. The summed E-state index contributed by atoms with van der Waals surface area (Å²) in [5.41, 5.74) is 2.39. The van der Waals surface area contributed by atoms with E-state index in [1.54, 1.807) is 7.11 Å². The third-order valence-electron chi connectivity index (χ3n) is 4.80. The number of ether oxygens (including phenoxy) is 1. The molecule has 1 unspecified atom stereocenters. The van der Waals surface area contributed by atoms with Gasteiger partial charge in [-0.25, -0.2) is 0 Å². The Morgan fingerprint density at radius 2 is 2.15 bits per heavy atom. The average molecular weight is 275 g/mol. The second-order valence-corrected chi connectivity index (χ2v) is 6.25. The van der Waals surface area contributed by atoms with Crippen LogP contribution in [0.25, 0.3) is 0 Å². The van der Waals surface area contributed by atoms with Crippen molar-refractivity contribution in [3.8, 4) is 5.75 Å². The van der Waals surface area contributed by atoms with Gasteiger partial charge in [0.15, 0.2) is 0 Å². The fourth-order valence-corrected chi connectivity index (χ4v) is 3.03. The number of aryl methyl sites for hydroxylation is 1. The van der Waals surface area contributed by atoms with Crippen LogP contribution in [0.15, 0.2) is 12.3 Å². The number of nitrogens with zero attached hydrogens (tertiary/aromatic N) is 1. The molecule has 0 bridgehead atoms. The fraction of sp³-hybridized carbons (Fsp3) is 0.722. The lowest BCUT2D eigenvalue weighted by molar-refractivity contribution is 0.286. The zero-order valence-electron chi connectivity index (χ0n) is 13.3. The first kappa shape index (κ1) is 15.3. The number of pyridine rings is 1. The predicted octanol–water partition coefficient (Wildman–Crippen LogP) is 5.12. The highest BCUT2D eigenvalue weighted by Crippen LogP contribution is 2.32. The van der Waals surface area contributed by atoms with Crippen molar-refractivity contribution in [3.05, 3.63) is 23.5 Å². The molecule has 1 aromatic heterocycles. The van der Waals surface area contributed by atoms with E-state index in [9.17, 15) is 0 Å². The van der Waals surface area contributed by atoms with Gasteiger partial charge < -0.3 is 4.74 Å². The van der Waals surface area contributed by atoms with Crippen LogP contribution in [0.4, 0.5) is 0 Å². The van der Waals surface area contributed by atoms with Crippen molar-refractivity contribution in [1.82, 2.24) is 4.98 Å². The second kappa shape index (κ2) is 7.66. The zero-order chi connectivity index (χ0) is 14.4. The summed E-state index contributed by atoms with van der Waals surface area (Å²) < 4.78 is 5.44. The van der Waals surface area contributed by atoms with E-state index in [2.05, 4.69) is 24.9 Å². The number of aromatic nitrogens is 1. The average Bonchev–Trinajstić information content (AvgIpc) is 2.44. The lowest BCUT2D eigenvalue weighted by atomic mass is 9.81. The van der Waals surface area contributed by atoms with Crippen LogP contribution in [0.1, 0.15) is 76.0 Å². The summed E-state index contributed by atoms with van der Waals surface area (Å²) in [4.78, 5) is 4.54. The number of hydrogen-bond donors (Lipinski definition) is 0. The Kier molecular flexibility index (Phi) is 5.87. The molecule has 20 heavy (non-hydrogen) atoms. The van der Waals surface area contributed by atoms with E-state index in [4.69, 9.17) is 4.74 Å². The van der Waals surface area contributed by atoms with Crippen LogP contribution in [0.2, 0.25) is 0 Å². The molecule has 1 atom stereocenters. The topological polar surface area (TPSA) is 22.1 Å². The van der Waals surface area contributed by atoms with Crippen LogP contribution in [0.3, 0.4) is 0 Å². The maximum absolute atomic E-state index is 5.44. The molecule has 1 aliphatic carbocycles. The van der Waals surface area contributed by atoms with Crippen molar-refractivity contribution in [2.75, 3.05) is 7.11 Å². The molecule has 1 saturated carbocycles. The lowest BCUT2D eigenvalue weighted by Crippen LogP contribution is -2.10. The van der Waals surface area contributed by atoms with Gasteiger partial charge in [-0.2, -0.15) is 0 Å². The van der Waals surface area contributed by atoms with E-state index in [-0.39, 0.29) is 0 Å². The second-order valence-electron chi connectivity index (χ2n) is 6.25. The van der Waals surface area contributed by atoms with Crippen LogP contribution in [0.5, 0.6) is 5.75 Å². The molecule has 1 aromatic rings. The van der Waals surface area contributed by atoms with Crippen LogP contribution < -0.4 is 4.74 Å². The van der Waals surface area contributed by atoms with Crippen LogP contribution >= 0.6 is 0 Å². The quantitative estimate of drug-likeness (QED) is 0.614. The van der Waals surface area contributed by atoms with Crippen molar-refractivity contribution in [1.29, 1.82) is 0 Å². The Labute approximate surface area is 124 Å². The van der Waals surface area contributed by atoms with Gasteiger partial charge in [0.05, 0.1) is 12.8 Å². The molecule has 1 aliphatic rings. The Bertz CT molecular complexity index is 412. The van der Waals surface area contributed by atoms with E-state index in [0.717, 1.165) is 23.8 Å². The van der Waals surface area contributed by atoms with Gasteiger partial charge in [-0.1, -0.05) is 52.4 Å². The molecule has 0 aliphatic heterocycles. The van der Waals surface area contributed by atoms with Gasteiger partial charge in [0, 0.05) is 6.20 Å². The first-order valence-electron chi connectivity index (χ1n) is 8.27. The molecule has 0 spiro atoms. The smallest absolute Gasteiger partial charge is 0.140 e. The fourth-order valence-electron chi connectivity index (χ4n) is 3.03. The predicted molar refractivity (Wildman–Crippen MR) is 84.4 cm³/mol. The highest BCUT2D eigenvalue weighted by atomic mass is 16.5. The van der Waals surface area contributed by atoms with E-state index in [1.807, 2.05) is 6.20 Å². The molecule has 1 heterocycles. The molecule has 1 fully saturated rings. The number of unbranched alkanes of at least 4 members (excludes halogenated alkanes) is 1. The molecular formula is C18H29NO. The van der Waals surface area contributed by atoms with E-state index >= 15 is 0 Å². The normalized spacial score (nSPS) is 16.8. The van der Waals surface area contributed by atoms with Gasteiger partial charge >= 0.3 is 0 Å². The molecule has 2 nitrogen and oxygen atoms in total. The van der Waals surface area contributed by atoms with Gasteiger partial charge in [0.1, 0.15) is 5.75 Å². The highest BCUT2D eigenvalue weighted by molar-refractivity contribution is 5.33. The van der Waals surface area contributed by atoms with Crippen molar-refractivity contribution in [3.63, 3.8) is 0 Å². The van der Waals surface area contributed by atoms with E-state index in [0.29, 0.717) is 5.92 Å². The summed E-state index contributed by atoms with van der Waals surface area (Å²) in [7, 11) is 1.74. The van der Waals surface area contributed by atoms with Crippen molar-refractivity contribution >= 4 is 0 Å². The summed E-state index contributed by atoms with van der Waals surface area (Å²) in [6.45, 7) is 4.43. The Morgan fingerprint density at radius 1 is 1.35 bits per heavy atom. The molecule has 0 radical (unpaired) electrons. The molecule has 2 heteroatoms. The molecule has 0 N–H and O–H groups in total. The third-order valence-corrected chi connectivity index (χ3v) is 4.80. The van der Waals surface area contributed by atoms with Gasteiger partial charge in [0.2, 0.25) is 0 Å². The van der Waals surface area contributed by atoms with Gasteiger partial charge in [-0.3, -0.25) is 4.98 Å². The SMILES string of the molecule is CCc1ncc(C(C)CCCCC2CCC2)cc1OC. The maximum Gasteiger partial charge on any atom is 0.140 e. The highest BCUT2D eigenvalue weighted by Gasteiger charge is 2.16. The molecule has 2 rings (SSSR count). The first-order chi connectivity index (χ1) is 9.74. The van der Waals surface area contributed by atoms with Crippen LogP contribution in [0, 0.1) is 5.92 Å². The molecule has 0 aromatic carbocycles. The van der Waals surface area contributed by atoms with Crippen molar-refractivity contribution in [2.24, 2.45) is 5.92 Å². The van der Waals surface area contributed by atoms with Crippen LogP contribution in [-0.4, -0.2) is 12.1 Å². The van der Waals surface area contributed by atoms with Crippen molar-refractivity contribution < 1.29 is 4.74 Å². The summed E-state index contributed by atoms with van der Waals surface area (Å²) in [5.74, 6) is 2.59. The molecule has 112 valence electrons. The molecule has 0 amide bonds. The summed E-state index contributed by atoms with van der Waals surface area (Å²) in [6, 6.07) is 2.18. The minimum Gasteiger partial charge on any atom is -0.495 e. The Hall–Kier alpha value is -1.05. The van der Waals surface area contributed by atoms with Gasteiger partial charge in [0.25, 0.3) is 0 Å². The first-order valence-corrected chi connectivity index (χ1v) is 8.27. The summed E-state index contributed by atoms with van der Waals surface area (Å²) >= 11 is 0. The maximum atomic E-state index is 5.44. The molecular weight excluding hydrogens is 246 g/mol. The number of hydrogen-bond acceptors (Lipinski definition) is 2. The molecule has 0 saturated heterocycles. The lowest BCUT2D eigenvalue weighted by Gasteiger charge is -2.25. The monoisotopic (exact) mass is 275 g/mol. The number of rotatable bonds is 8. The Morgan fingerprint density at radius 3 is 2.75 bits per heavy atom.